The lowest BCUT2D eigenvalue weighted by atomic mass is 9.99. The number of benzene rings is 1. The van der Waals surface area contributed by atoms with Crippen LogP contribution in [0.1, 0.15) is 38.7 Å². The van der Waals surface area contributed by atoms with E-state index in [9.17, 15) is 27.9 Å². The molecule has 0 spiro atoms. The average molecular weight is 446 g/mol. The summed E-state index contributed by atoms with van der Waals surface area (Å²) in [6.07, 6.45) is 1.16. The van der Waals surface area contributed by atoms with Crippen molar-refractivity contribution in [2.45, 2.75) is 20.8 Å². The van der Waals surface area contributed by atoms with Crippen LogP contribution in [0, 0.1) is 24.4 Å². The number of carboxylic acids is 1. The van der Waals surface area contributed by atoms with E-state index < -0.39 is 29.2 Å². The lowest BCUT2D eigenvalue weighted by Crippen LogP contribution is -2.08. The van der Waals surface area contributed by atoms with Crippen LogP contribution in [-0.2, 0) is 6.42 Å². The Morgan fingerprint density at radius 1 is 1.13 bits per heavy atom. The fourth-order valence-electron chi connectivity index (χ4n) is 3.17. The number of pyridine rings is 1. The summed E-state index contributed by atoms with van der Waals surface area (Å²) >= 11 is 0.952. The largest absolute Gasteiger partial charge is 0.478 e. The molecule has 0 fully saturated rings. The smallest absolute Gasteiger partial charge is 0.337 e. The maximum Gasteiger partial charge on any atom is 0.337 e. The van der Waals surface area contributed by atoms with Crippen LogP contribution in [0.3, 0.4) is 0 Å². The molecule has 0 atom stereocenters. The summed E-state index contributed by atoms with van der Waals surface area (Å²) in [6.45, 7) is 1.40. The summed E-state index contributed by atoms with van der Waals surface area (Å²) in [5.41, 5.74) is -0.293. The number of hydrogen-bond donors (Lipinski definition) is 1. The Morgan fingerprint density at radius 2 is 1.87 bits per heavy atom. The Balaban J connectivity index is 0.00000272. The molecule has 5 nitrogen and oxygen atoms in total. The number of ketones is 1. The SMILES string of the molecule is C.Cc1ccc(-c2csc(CC(=O)c3cc4c(F)cccn4n3)c2C(=O)O)c(F)c1F. The van der Waals surface area contributed by atoms with Gasteiger partial charge in [0.2, 0.25) is 0 Å². The second-order valence-corrected chi connectivity index (χ2v) is 7.59. The van der Waals surface area contributed by atoms with Gasteiger partial charge in [-0.15, -0.1) is 11.3 Å². The number of Topliss-reactive ketones (excluding diaryl/α,β-unsaturated/α-hetero) is 1. The molecule has 31 heavy (non-hydrogen) atoms. The normalized spacial score (nSPS) is 10.8. The van der Waals surface area contributed by atoms with Crippen LogP contribution in [-0.4, -0.2) is 26.5 Å². The third-order valence-corrected chi connectivity index (χ3v) is 5.69. The molecule has 0 bridgehead atoms. The van der Waals surface area contributed by atoms with E-state index in [0.29, 0.717) is 0 Å². The first-order valence-electron chi connectivity index (χ1n) is 8.73. The second kappa shape index (κ2) is 8.35. The zero-order chi connectivity index (χ0) is 21.6. The van der Waals surface area contributed by atoms with Gasteiger partial charge in [0, 0.05) is 28.6 Å². The Bertz CT molecular complexity index is 1330. The van der Waals surface area contributed by atoms with Gasteiger partial charge >= 0.3 is 5.97 Å². The number of rotatable bonds is 5. The van der Waals surface area contributed by atoms with E-state index in [4.69, 9.17) is 0 Å². The Kier molecular flexibility index (Phi) is 5.99. The van der Waals surface area contributed by atoms with E-state index in [-0.39, 0.29) is 52.2 Å². The summed E-state index contributed by atoms with van der Waals surface area (Å²) in [6, 6.07) is 6.61. The first-order valence-corrected chi connectivity index (χ1v) is 9.61. The van der Waals surface area contributed by atoms with Gasteiger partial charge in [-0.2, -0.15) is 5.10 Å². The number of halogens is 3. The molecule has 4 rings (SSSR count). The monoisotopic (exact) mass is 446 g/mol. The number of aromatic nitrogens is 2. The van der Waals surface area contributed by atoms with Gasteiger partial charge in [-0.25, -0.2) is 22.5 Å². The summed E-state index contributed by atoms with van der Waals surface area (Å²) in [4.78, 5) is 24.7. The predicted molar refractivity (Wildman–Crippen MR) is 111 cm³/mol. The molecule has 0 aliphatic heterocycles. The van der Waals surface area contributed by atoms with Gasteiger partial charge in [-0.1, -0.05) is 19.6 Å². The highest BCUT2D eigenvalue weighted by atomic mass is 32.1. The molecular weight excluding hydrogens is 429 g/mol. The van der Waals surface area contributed by atoms with E-state index in [0.717, 1.165) is 11.3 Å². The van der Waals surface area contributed by atoms with Crippen molar-refractivity contribution in [3.8, 4) is 11.1 Å². The van der Waals surface area contributed by atoms with Gasteiger partial charge < -0.3 is 5.11 Å². The van der Waals surface area contributed by atoms with E-state index in [1.807, 2.05) is 0 Å². The van der Waals surface area contributed by atoms with Crippen molar-refractivity contribution in [1.29, 1.82) is 0 Å². The Hall–Kier alpha value is -3.46. The van der Waals surface area contributed by atoms with E-state index in [1.165, 1.54) is 53.3 Å². The van der Waals surface area contributed by atoms with Crippen molar-refractivity contribution in [2.75, 3.05) is 0 Å². The molecule has 0 aliphatic rings. The predicted octanol–water partition coefficient (Wildman–Crippen LogP) is 5.55. The fraction of sp³-hybridized carbons (Fsp3) is 0.136. The molecule has 0 radical (unpaired) electrons. The number of aromatic carboxylic acids is 1. The van der Waals surface area contributed by atoms with Crippen molar-refractivity contribution in [3.05, 3.63) is 81.1 Å². The van der Waals surface area contributed by atoms with Crippen molar-refractivity contribution in [3.63, 3.8) is 0 Å². The zero-order valence-corrected chi connectivity index (χ0v) is 16.3. The van der Waals surface area contributed by atoms with Crippen molar-refractivity contribution in [2.24, 2.45) is 0 Å². The minimum atomic E-state index is -1.37. The third-order valence-electron chi connectivity index (χ3n) is 4.70. The number of carbonyl (C=O) groups is 2. The molecule has 4 aromatic rings. The molecule has 160 valence electrons. The summed E-state index contributed by atoms with van der Waals surface area (Å²) < 4.78 is 43.4. The molecule has 0 saturated carbocycles. The topological polar surface area (TPSA) is 71.7 Å². The van der Waals surface area contributed by atoms with Gasteiger partial charge in [-0.3, -0.25) is 4.79 Å². The van der Waals surface area contributed by atoms with Gasteiger partial charge in [0.25, 0.3) is 0 Å². The molecule has 0 amide bonds. The van der Waals surface area contributed by atoms with Crippen molar-refractivity contribution >= 4 is 28.6 Å². The molecular formula is C22H17F3N2O3S. The van der Waals surface area contributed by atoms with Crippen LogP contribution >= 0.6 is 11.3 Å². The summed E-state index contributed by atoms with van der Waals surface area (Å²) in [5.74, 6) is -4.64. The molecule has 3 heterocycles. The molecule has 0 saturated heterocycles. The number of fused-ring (bicyclic) bond motifs is 1. The van der Waals surface area contributed by atoms with Gasteiger partial charge in [0.1, 0.15) is 17.0 Å². The fourth-order valence-corrected chi connectivity index (χ4v) is 4.20. The molecule has 9 heteroatoms. The second-order valence-electron chi connectivity index (χ2n) is 6.63. The van der Waals surface area contributed by atoms with Crippen LogP contribution in [0.15, 0.2) is 41.9 Å². The number of carboxylic acid groups (broad SMARTS) is 1. The van der Waals surface area contributed by atoms with Gasteiger partial charge in [0.15, 0.2) is 17.4 Å². The summed E-state index contributed by atoms with van der Waals surface area (Å²) in [5, 5.41) is 15.1. The third kappa shape index (κ3) is 3.84. The van der Waals surface area contributed by atoms with E-state index >= 15 is 0 Å². The Labute approximate surface area is 179 Å². The quantitative estimate of drug-likeness (QED) is 0.408. The van der Waals surface area contributed by atoms with Crippen LogP contribution in [0.4, 0.5) is 13.2 Å². The molecule has 1 aromatic carbocycles. The summed E-state index contributed by atoms with van der Waals surface area (Å²) in [7, 11) is 0. The molecule has 0 aliphatic carbocycles. The number of nitrogens with zero attached hydrogens (tertiary/aromatic N) is 2. The van der Waals surface area contributed by atoms with Crippen LogP contribution < -0.4 is 0 Å². The van der Waals surface area contributed by atoms with Crippen LogP contribution in [0.25, 0.3) is 16.6 Å². The zero-order valence-electron chi connectivity index (χ0n) is 15.4. The average Bonchev–Trinajstić information content (AvgIpc) is 3.31. The minimum Gasteiger partial charge on any atom is -0.478 e. The lowest BCUT2D eigenvalue weighted by Gasteiger charge is -2.07. The highest BCUT2D eigenvalue weighted by Crippen LogP contribution is 2.35. The first-order chi connectivity index (χ1) is 14.3. The first kappa shape index (κ1) is 22.2. The van der Waals surface area contributed by atoms with Gasteiger partial charge in [-0.05, 0) is 36.1 Å². The highest BCUT2D eigenvalue weighted by Gasteiger charge is 2.25. The van der Waals surface area contributed by atoms with Crippen molar-refractivity contribution in [1.82, 2.24) is 9.61 Å². The maximum absolute atomic E-state index is 14.4. The van der Waals surface area contributed by atoms with E-state index in [2.05, 4.69) is 5.10 Å². The maximum atomic E-state index is 14.4. The van der Waals surface area contributed by atoms with E-state index in [1.54, 1.807) is 0 Å². The van der Waals surface area contributed by atoms with Crippen molar-refractivity contribution < 1.29 is 27.9 Å². The standard InChI is InChI=1S/C21H13F3N2O3S.CH4/c1-10-4-5-11(20(24)19(10)23)12-9-30-17(18(12)21(28)29)8-16(27)14-7-15-13(22)3-2-6-26(15)25-14;/h2-7,9H,8H2,1H3,(H,28,29);1H4. The lowest BCUT2D eigenvalue weighted by molar-refractivity contribution is 0.0697. The number of hydrogen-bond acceptors (Lipinski definition) is 4. The number of thiophene rings is 1. The molecule has 3 aromatic heterocycles. The molecule has 0 unspecified atom stereocenters. The highest BCUT2D eigenvalue weighted by molar-refractivity contribution is 7.11. The van der Waals surface area contributed by atoms with Crippen LogP contribution in [0.5, 0.6) is 0 Å². The van der Waals surface area contributed by atoms with Crippen LogP contribution in [0.2, 0.25) is 0 Å². The number of aryl methyl sites for hydroxylation is 1. The Morgan fingerprint density at radius 3 is 2.55 bits per heavy atom. The number of carbonyl (C=O) groups excluding carboxylic acids is 1. The molecule has 1 N–H and O–H groups in total. The minimum absolute atomic E-state index is 0. The van der Waals surface area contributed by atoms with Gasteiger partial charge in [0.05, 0.1) is 5.56 Å².